The van der Waals surface area contributed by atoms with Gasteiger partial charge in [-0.2, -0.15) is 0 Å². The molecule has 1 aromatic carbocycles. The predicted octanol–water partition coefficient (Wildman–Crippen LogP) is 1.43. The van der Waals surface area contributed by atoms with Gasteiger partial charge in [0.1, 0.15) is 11.6 Å². The molecule has 0 radical (unpaired) electrons. The summed E-state index contributed by atoms with van der Waals surface area (Å²) in [4.78, 5) is 42.1. The van der Waals surface area contributed by atoms with Gasteiger partial charge in [0.15, 0.2) is 5.65 Å². The van der Waals surface area contributed by atoms with Crippen molar-refractivity contribution in [2.24, 2.45) is 14.1 Å². The standard InChI is InChI=1S/C20H23N5O4/c1-5-13-14(18(26)22-11-7-9-12(10-8-11)29-6-2)16(21)23-17-15(13)19(27)25(4)20(28)24(17)3/h7-10H,5-6H2,1-4H3,(H2,21,23)(H,22,26). The molecule has 29 heavy (non-hydrogen) atoms. The third-order valence-corrected chi connectivity index (χ3v) is 4.72. The summed E-state index contributed by atoms with van der Waals surface area (Å²) in [6, 6.07) is 6.91. The first-order valence-electron chi connectivity index (χ1n) is 9.22. The van der Waals surface area contributed by atoms with E-state index in [1.807, 2.05) is 13.8 Å². The van der Waals surface area contributed by atoms with E-state index >= 15 is 0 Å². The smallest absolute Gasteiger partial charge is 0.332 e. The SMILES string of the molecule is CCOc1ccc(NC(=O)c2c(N)nc3c(c2CC)c(=O)n(C)c(=O)n3C)cc1. The third-order valence-electron chi connectivity index (χ3n) is 4.72. The zero-order valence-electron chi connectivity index (χ0n) is 16.8. The summed E-state index contributed by atoms with van der Waals surface area (Å²) in [5.41, 5.74) is 6.34. The first-order chi connectivity index (χ1) is 13.8. The maximum absolute atomic E-state index is 13.0. The number of nitrogens with two attached hydrogens (primary N) is 1. The Balaban J connectivity index is 2.13. The molecule has 2 heterocycles. The van der Waals surface area contributed by atoms with Crippen molar-refractivity contribution >= 4 is 28.4 Å². The van der Waals surface area contributed by atoms with E-state index in [9.17, 15) is 14.4 Å². The predicted molar refractivity (Wildman–Crippen MR) is 112 cm³/mol. The number of pyridine rings is 1. The van der Waals surface area contributed by atoms with Crippen LogP contribution in [0.25, 0.3) is 11.0 Å². The van der Waals surface area contributed by atoms with Crippen molar-refractivity contribution in [3.8, 4) is 5.75 Å². The molecule has 2 aromatic heterocycles. The van der Waals surface area contributed by atoms with Gasteiger partial charge in [-0.05, 0) is 43.2 Å². The van der Waals surface area contributed by atoms with E-state index in [4.69, 9.17) is 10.5 Å². The molecular formula is C20H23N5O4. The number of carbonyl (C=O) groups excluding carboxylic acids is 1. The number of hydrogen-bond donors (Lipinski definition) is 2. The van der Waals surface area contributed by atoms with E-state index in [1.54, 1.807) is 24.3 Å². The van der Waals surface area contributed by atoms with E-state index in [2.05, 4.69) is 10.3 Å². The minimum absolute atomic E-state index is 0.0407. The monoisotopic (exact) mass is 397 g/mol. The van der Waals surface area contributed by atoms with Gasteiger partial charge in [0.05, 0.1) is 17.6 Å². The number of hydrogen-bond acceptors (Lipinski definition) is 6. The Labute approximate surface area is 166 Å². The van der Waals surface area contributed by atoms with Crippen LogP contribution in [0.1, 0.15) is 29.8 Å². The quantitative estimate of drug-likeness (QED) is 0.672. The summed E-state index contributed by atoms with van der Waals surface area (Å²) in [7, 11) is 2.90. The summed E-state index contributed by atoms with van der Waals surface area (Å²) in [5, 5.41) is 2.99. The van der Waals surface area contributed by atoms with Gasteiger partial charge in [-0.25, -0.2) is 9.78 Å². The number of nitrogens with one attached hydrogen (secondary N) is 1. The molecule has 0 atom stereocenters. The highest BCUT2D eigenvalue weighted by Gasteiger charge is 2.23. The minimum atomic E-state index is -0.512. The molecule has 0 aliphatic rings. The molecule has 0 fully saturated rings. The maximum Gasteiger partial charge on any atom is 0.332 e. The van der Waals surface area contributed by atoms with Gasteiger partial charge in [-0.3, -0.25) is 18.7 Å². The van der Waals surface area contributed by atoms with E-state index in [0.29, 0.717) is 30.0 Å². The fourth-order valence-electron chi connectivity index (χ4n) is 3.28. The van der Waals surface area contributed by atoms with Crippen molar-refractivity contribution in [1.29, 1.82) is 0 Å². The zero-order chi connectivity index (χ0) is 21.3. The summed E-state index contributed by atoms with van der Waals surface area (Å²) in [6.45, 7) is 4.24. The molecule has 3 N–H and O–H groups in total. The van der Waals surface area contributed by atoms with Crippen LogP contribution in [0.5, 0.6) is 5.75 Å². The lowest BCUT2D eigenvalue weighted by Gasteiger charge is -2.16. The molecule has 9 nitrogen and oxygen atoms in total. The number of rotatable bonds is 5. The molecule has 3 rings (SSSR count). The Morgan fingerprint density at radius 3 is 2.38 bits per heavy atom. The van der Waals surface area contributed by atoms with E-state index in [-0.39, 0.29) is 22.4 Å². The Hall–Kier alpha value is -3.62. The number of fused-ring (bicyclic) bond motifs is 1. The normalized spacial score (nSPS) is 10.9. The van der Waals surface area contributed by atoms with Crippen molar-refractivity contribution in [1.82, 2.24) is 14.1 Å². The number of aromatic nitrogens is 3. The van der Waals surface area contributed by atoms with Gasteiger partial charge in [-0.15, -0.1) is 0 Å². The molecule has 0 spiro atoms. The largest absolute Gasteiger partial charge is 0.494 e. The van der Waals surface area contributed by atoms with Crippen LogP contribution < -0.4 is 27.0 Å². The second kappa shape index (κ2) is 7.78. The highest BCUT2D eigenvalue weighted by molar-refractivity contribution is 6.10. The van der Waals surface area contributed by atoms with Crippen LogP contribution in [0, 0.1) is 0 Å². The first kappa shape index (κ1) is 20.1. The number of carbonyl (C=O) groups is 1. The lowest BCUT2D eigenvalue weighted by molar-refractivity contribution is 0.102. The maximum atomic E-state index is 13.0. The van der Waals surface area contributed by atoms with Crippen LogP contribution in [0.2, 0.25) is 0 Å². The Bertz CT molecular complexity index is 1210. The molecule has 0 aliphatic heterocycles. The highest BCUT2D eigenvalue weighted by Crippen LogP contribution is 2.24. The molecule has 152 valence electrons. The fourth-order valence-corrected chi connectivity index (χ4v) is 3.28. The molecule has 0 aliphatic carbocycles. The van der Waals surface area contributed by atoms with Crippen LogP contribution in [0.4, 0.5) is 11.5 Å². The van der Waals surface area contributed by atoms with Crippen molar-refractivity contribution < 1.29 is 9.53 Å². The average molecular weight is 397 g/mol. The number of amides is 1. The lowest BCUT2D eigenvalue weighted by Crippen LogP contribution is -2.38. The minimum Gasteiger partial charge on any atom is -0.494 e. The lowest BCUT2D eigenvalue weighted by atomic mass is 10.0. The van der Waals surface area contributed by atoms with Crippen molar-refractivity contribution in [2.45, 2.75) is 20.3 Å². The van der Waals surface area contributed by atoms with Gasteiger partial charge < -0.3 is 15.8 Å². The number of aryl methyl sites for hydroxylation is 2. The van der Waals surface area contributed by atoms with Gasteiger partial charge in [0.25, 0.3) is 11.5 Å². The highest BCUT2D eigenvalue weighted by atomic mass is 16.5. The fraction of sp³-hybridized carbons (Fsp3) is 0.300. The van der Waals surface area contributed by atoms with Gasteiger partial charge in [0.2, 0.25) is 0 Å². The molecule has 0 saturated heterocycles. The zero-order valence-corrected chi connectivity index (χ0v) is 16.8. The summed E-state index contributed by atoms with van der Waals surface area (Å²) < 4.78 is 7.64. The molecule has 3 aromatic rings. The summed E-state index contributed by atoms with van der Waals surface area (Å²) in [5.74, 6) is 0.172. The van der Waals surface area contributed by atoms with Gasteiger partial charge in [0, 0.05) is 19.8 Å². The number of ether oxygens (including phenoxy) is 1. The van der Waals surface area contributed by atoms with Gasteiger partial charge in [-0.1, -0.05) is 6.92 Å². The molecule has 9 heteroatoms. The molecular weight excluding hydrogens is 374 g/mol. The number of nitrogen functional groups attached to an aromatic ring is 1. The Morgan fingerprint density at radius 2 is 1.79 bits per heavy atom. The van der Waals surface area contributed by atoms with Crippen molar-refractivity contribution in [3.05, 3.63) is 56.2 Å². The first-order valence-corrected chi connectivity index (χ1v) is 9.22. The molecule has 1 amide bonds. The molecule has 0 saturated carbocycles. The van der Waals surface area contributed by atoms with Crippen LogP contribution in [-0.4, -0.2) is 26.6 Å². The number of benzene rings is 1. The molecule has 0 bridgehead atoms. The van der Waals surface area contributed by atoms with E-state index in [1.165, 1.54) is 18.7 Å². The summed E-state index contributed by atoms with van der Waals surface area (Å²) >= 11 is 0. The average Bonchev–Trinajstić information content (AvgIpc) is 2.71. The Morgan fingerprint density at radius 1 is 1.14 bits per heavy atom. The van der Waals surface area contributed by atoms with Crippen LogP contribution in [0.15, 0.2) is 33.9 Å². The van der Waals surface area contributed by atoms with Gasteiger partial charge >= 0.3 is 5.69 Å². The topological polar surface area (TPSA) is 121 Å². The van der Waals surface area contributed by atoms with Crippen LogP contribution in [0.3, 0.4) is 0 Å². The third kappa shape index (κ3) is 3.46. The molecule has 0 unspecified atom stereocenters. The van der Waals surface area contributed by atoms with Crippen LogP contribution in [-0.2, 0) is 20.5 Å². The second-order valence-corrected chi connectivity index (χ2v) is 6.52. The number of anilines is 2. The van der Waals surface area contributed by atoms with Crippen molar-refractivity contribution in [3.63, 3.8) is 0 Å². The second-order valence-electron chi connectivity index (χ2n) is 6.52. The number of nitrogens with zero attached hydrogens (tertiary/aromatic N) is 3. The van der Waals surface area contributed by atoms with E-state index in [0.717, 1.165) is 4.57 Å². The Kier molecular flexibility index (Phi) is 5.40. The van der Waals surface area contributed by atoms with E-state index < -0.39 is 17.2 Å². The summed E-state index contributed by atoms with van der Waals surface area (Å²) in [6.07, 6.45) is 0.364. The van der Waals surface area contributed by atoms with Crippen molar-refractivity contribution in [2.75, 3.05) is 17.7 Å². The van der Waals surface area contributed by atoms with Crippen LogP contribution >= 0.6 is 0 Å².